The molecule has 0 bridgehead atoms. The SMILES string of the molecule is C=C(C(C)C)[C@H](CC)CC[C@@H](C)[C@H]1CC[C@H]2[C@@H]3CC[C@H]4C[C@@H](O)CC[C@]4(C)[C@H]3CC[C@]12C. The van der Waals surface area contributed by atoms with Crippen LogP contribution in [0.5, 0.6) is 0 Å². The van der Waals surface area contributed by atoms with Crippen molar-refractivity contribution in [1.29, 1.82) is 0 Å². The number of fused-ring (bicyclic) bond motifs is 5. The average molecular weight is 443 g/mol. The van der Waals surface area contributed by atoms with E-state index in [1.807, 2.05) is 0 Å². The molecule has 0 aromatic heterocycles. The first-order chi connectivity index (χ1) is 15.1. The third-order valence-corrected chi connectivity index (χ3v) is 12.1. The maximum absolute atomic E-state index is 10.3. The van der Waals surface area contributed by atoms with E-state index >= 15 is 0 Å². The summed E-state index contributed by atoms with van der Waals surface area (Å²) in [5, 5.41) is 10.3. The summed E-state index contributed by atoms with van der Waals surface area (Å²) in [7, 11) is 0. The van der Waals surface area contributed by atoms with E-state index in [4.69, 9.17) is 0 Å². The van der Waals surface area contributed by atoms with E-state index in [2.05, 4.69) is 48.1 Å². The summed E-state index contributed by atoms with van der Waals surface area (Å²) in [6, 6.07) is 0. The summed E-state index contributed by atoms with van der Waals surface area (Å²) >= 11 is 0. The number of allylic oxidation sites excluding steroid dienone is 1. The largest absolute Gasteiger partial charge is 0.393 e. The predicted octanol–water partition coefficient (Wildman–Crippen LogP) is 8.66. The van der Waals surface area contributed by atoms with Gasteiger partial charge in [0, 0.05) is 0 Å². The minimum atomic E-state index is -0.0195. The molecule has 4 saturated carbocycles. The minimum Gasteiger partial charge on any atom is -0.393 e. The molecule has 4 aliphatic rings. The van der Waals surface area contributed by atoms with E-state index in [0.717, 1.165) is 54.3 Å². The lowest BCUT2D eigenvalue weighted by Gasteiger charge is -2.61. The number of hydrogen-bond donors (Lipinski definition) is 1. The van der Waals surface area contributed by atoms with Crippen molar-refractivity contribution in [2.24, 2.45) is 58.2 Å². The molecule has 1 nitrogen and oxygen atoms in total. The molecular weight excluding hydrogens is 388 g/mol. The Morgan fingerprint density at radius 3 is 2.28 bits per heavy atom. The normalized spacial score (nSPS) is 45.6. The fraction of sp³-hybridized carbons (Fsp3) is 0.935. The Morgan fingerprint density at radius 2 is 1.59 bits per heavy atom. The summed E-state index contributed by atoms with van der Waals surface area (Å²) in [5.41, 5.74) is 2.58. The van der Waals surface area contributed by atoms with Crippen molar-refractivity contribution >= 4 is 0 Å². The predicted molar refractivity (Wildman–Crippen MR) is 137 cm³/mol. The standard InChI is InChI=1S/C31H54O/c1-8-23(22(5)20(2)3)10-9-21(4)27-13-14-28-26-12-11-24-19-25(32)15-17-30(24,6)29(26)16-18-31(27,28)7/h20-21,23-29,32H,5,8-19H2,1-4,6-7H3/t21-,23-,24+,25+,26+,27-,28+,29+,30+,31-/m1/s1. The molecule has 0 unspecified atom stereocenters. The van der Waals surface area contributed by atoms with Gasteiger partial charge in [0.25, 0.3) is 0 Å². The molecule has 0 aromatic carbocycles. The molecule has 4 fully saturated rings. The first-order valence-electron chi connectivity index (χ1n) is 14.5. The Labute approximate surface area is 200 Å². The lowest BCUT2D eigenvalue weighted by Crippen LogP contribution is -2.54. The molecule has 1 heteroatoms. The molecule has 0 aliphatic heterocycles. The summed E-state index contributed by atoms with van der Waals surface area (Å²) in [6.45, 7) is 19.4. The van der Waals surface area contributed by atoms with Gasteiger partial charge in [-0.2, -0.15) is 0 Å². The van der Waals surface area contributed by atoms with Crippen LogP contribution in [0.1, 0.15) is 119 Å². The lowest BCUT2D eigenvalue weighted by molar-refractivity contribution is -0.129. The van der Waals surface area contributed by atoms with Crippen LogP contribution in [0.15, 0.2) is 12.2 Å². The van der Waals surface area contributed by atoms with E-state index in [9.17, 15) is 5.11 Å². The molecule has 32 heavy (non-hydrogen) atoms. The van der Waals surface area contributed by atoms with Crippen molar-refractivity contribution in [3.8, 4) is 0 Å². The van der Waals surface area contributed by atoms with Gasteiger partial charge in [-0.05, 0) is 135 Å². The van der Waals surface area contributed by atoms with Gasteiger partial charge in [0.2, 0.25) is 0 Å². The Morgan fingerprint density at radius 1 is 0.906 bits per heavy atom. The highest BCUT2D eigenvalue weighted by molar-refractivity contribution is 5.10. The maximum atomic E-state index is 10.3. The molecule has 4 rings (SSSR count). The van der Waals surface area contributed by atoms with Gasteiger partial charge in [0.05, 0.1) is 6.10 Å². The number of aliphatic hydroxyl groups excluding tert-OH is 1. The van der Waals surface area contributed by atoms with Crippen molar-refractivity contribution in [2.45, 2.75) is 125 Å². The van der Waals surface area contributed by atoms with Gasteiger partial charge in [0.15, 0.2) is 0 Å². The van der Waals surface area contributed by atoms with Crippen molar-refractivity contribution in [1.82, 2.24) is 0 Å². The molecule has 0 amide bonds. The molecule has 10 atom stereocenters. The lowest BCUT2D eigenvalue weighted by atomic mass is 9.44. The first-order valence-corrected chi connectivity index (χ1v) is 14.5. The highest BCUT2D eigenvalue weighted by Crippen LogP contribution is 2.68. The zero-order chi connectivity index (χ0) is 23.3. The average Bonchev–Trinajstić information content (AvgIpc) is 3.11. The Hall–Kier alpha value is -0.300. The van der Waals surface area contributed by atoms with E-state index in [0.29, 0.717) is 16.7 Å². The van der Waals surface area contributed by atoms with Crippen LogP contribution in [0, 0.1) is 58.2 Å². The molecule has 4 aliphatic carbocycles. The van der Waals surface area contributed by atoms with Crippen LogP contribution < -0.4 is 0 Å². The quantitative estimate of drug-likeness (QED) is 0.391. The van der Waals surface area contributed by atoms with Crippen molar-refractivity contribution in [3.05, 3.63) is 12.2 Å². The van der Waals surface area contributed by atoms with Gasteiger partial charge in [-0.15, -0.1) is 0 Å². The number of hydrogen-bond acceptors (Lipinski definition) is 1. The third-order valence-electron chi connectivity index (χ3n) is 12.1. The van der Waals surface area contributed by atoms with Crippen LogP contribution in [0.2, 0.25) is 0 Å². The second kappa shape index (κ2) is 9.39. The van der Waals surface area contributed by atoms with Crippen molar-refractivity contribution < 1.29 is 5.11 Å². The fourth-order valence-corrected chi connectivity index (χ4v) is 10.00. The Kier molecular flexibility index (Phi) is 7.28. The van der Waals surface area contributed by atoms with Crippen LogP contribution in [-0.2, 0) is 0 Å². The van der Waals surface area contributed by atoms with Crippen LogP contribution in [0.4, 0.5) is 0 Å². The summed E-state index contributed by atoms with van der Waals surface area (Å²) in [5.74, 6) is 6.76. The number of rotatable bonds is 7. The van der Waals surface area contributed by atoms with Crippen molar-refractivity contribution in [2.75, 3.05) is 0 Å². The Balaban J connectivity index is 1.43. The second-order valence-corrected chi connectivity index (χ2v) is 13.7. The summed E-state index contributed by atoms with van der Waals surface area (Å²) in [4.78, 5) is 0. The molecule has 0 saturated heterocycles. The van der Waals surface area contributed by atoms with Gasteiger partial charge < -0.3 is 5.11 Å². The second-order valence-electron chi connectivity index (χ2n) is 13.7. The zero-order valence-corrected chi connectivity index (χ0v) is 22.3. The van der Waals surface area contributed by atoms with Crippen LogP contribution >= 0.6 is 0 Å². The molecule has 0 aromatic rings. The third kappa shape index (κ3) is 4.16. The highest BCUT2D eigenvalue weighted by Gasteiger charge is 2.60. The fourth-order valence-electron chi connectivity index (χ4n) is 10.00. The van der Waals surface area contributed by atoms with E-state index in [1.54, 1.807) is 0 Å². The van der Waals surface area contributed by atoms with E-state index < -0.39 is 0 Å². The molecule has 0 spiro atoms. The van der Waals surface area contributed by atoms with Gasteiger partial charge >= 0.3 is 0 Å². The maximum Gasteiger partial charge on any atom is 0.0543 e. The van der Waals surface area contributed by atoms with E-state index in [1.165, 1.54) is 69.8 Å². The molecule has 184 valence electrons. The smallest absolute Gasteiger partial charge is 0.0543 e. The first kappa shape index (κ1) is 24.8. The molecular formula is C31H54O. The summed E-state index contributed by atoms with van der Waals surface area (Å²) in [6.07, 6.45) is 16.1. The van der Waals surface area contributed by atoms with Crippen molar-refractivity contribution in [3.63, 3.8) is 0 Å². The van der Waals surface area contributed by atoms with Gasteiger partial charge in [0.1, 0.15) is 0 Å². The van der Waals surface area contributed by atoms with Crippen LogP contribution in [-0.4, -0.2) is 11.2 Å². The topological polar surface area (TPSA) is 20.2 Å². The van der Waals surface area contributed by atoms with Crippen LogP contribution in [0.25, 0.3) is 0 Å². The molecule has 0 radical (unpaired) electrons. The Bertz CT molecular complexity index is 665. The molecule has 1 N–H and O–H groups in total. The van der Waals surface area contributed by atoms with E-state index in [-0.39, 0.29) is 6.10 Å². The van der Waals surface area contributed by atoms with Gasteiger partial charge in [-0.25, -0.2) is 0 Å². The summed E-state index contributed by atoms with van der Waals surface area (Å²) < 4.78 is 0. The van der Waals surface area contributed by atoms with Crippen LogP contribution in [0.3, 0.4) is 0 Å². The minimum absolute atomic E-state index is 0.0195. The van der Waals surface area contributed by atoms with Gasteiger partial charge in [-0.3, -0.25) is 0 Å². The monoisotopic (exact) mass is 442 g/mol. The number of aliphatic hydroxyl groups is 1. The molecule has 0 heterocycles. The van der Waals surface area contributed by atoms with Gasteiger partial charge in [-0.1, -0.05) is 53.7 Å². The zero-order valence-electron chi connectivity index (χ0n) is 22.3. The highest BCUT2D eigenvalue weighted by atomic mass is 16.3.